The van der Waals surface area contributed by atoms with Crippen molar-refractivity contribution in [3.05, 3.63) is 47.5 Å². The topological polar surface area (TPSA) is 92.2 Å². The van der Waals surface area contributed by atoms with E-state index in [1.807, 2.05) is 24.3 Å². The van der Waals surface area contributed by atoms with Crippen molar-refractivity contribution >= 4 is 28.2 Å². The summed E-state index contributed by atoms with van der Waals surface area (Å²) in [4.78, 5) is 21.0. The van der Waals surface area contributed by atoms with Crippen LogP contribution in [0, 0.1) is 0 Å². The van der Waals surface area contributed by atoms with Gasteiger partial charge >= 0.3 is 0 Å². The van der Waals surface area contributed by atoms with Gasteiger partial charge in [0.1, 0.15) is 0 Å². The minimum absolute atomic E-state index is 0.00288. The molecule has 2 aromatic carbocycles. The van der Waals surface area contributed by atoms with Gasteiger partial charge in [0.15, 0.2) is 0 Å². The molecule has 0 atom stereocenters. The Morgan fingerprint density at radius 1 is 1.19 bits per heavy atom. The van der Waals surface area contributed by atoms with Crippen LogP contribution in [0.3, 0.4) is 0 Å². The Bertz CT molecular complexity index is 993. The van der Waals surface area contributed by atoms with Gasteiger partial charge < -0.3 is 16.0 Å². The van der Waals surface area contributed by atoms with Gasteiger partial charge in [-0.15, -0.1) is 0 Å². The third-order valence-corrected chi connectivity index (χ3v) is 5.01. The van der Waals surface area contributed by atoms with Gasteiger partial charge in [0.2, 0.25) is 5.91 Å². The number of amides is 1. The number of fused-ring (bicyclic) bond motifs is 5. The third-order valence-electron chi connectivity index (χ3n) is 5.01. The number of carbonyl (C=O) groups excluding carboxylic acids is 1. The average molecular weight is 364 g/mol. The van der Waals surface area contributed by atoms with Crippen LogP contribution in [0.25, 0.3) is 22.2 Å². The zero-order chi connectivity index (χ0) is 18.8. The highest BCUT2D eigenvalue weighted by molar-refractivity contribution is 6.05. The van der Waals surface area contributed by atoms with Crippen molar-refractivity contribution in [1.82, 2.24) is 4.98 Å². The van der Waals surface area contributed by atoms with Crippen LogP contribution in [0.1, 0.15) is 24.0 Å². The molecule has 0 radical (unpaired) electrons. The Hall–Kier alpha value is -2.83. The molecule has 140 valence electrons. The predicted octanol–water partition coefficient (Wildman–Crippen LogP) is 3.58. The standard InChI is InChI=1S/C21H24N4O2/c1-27-25-14-6-8-18-15(11-14)16-12-20(26)23-19-7-5-13(4-2-3-9-22)10-17(19)21(16)24-18/h5-8,10-11,24-25H,2-4,9,12,22H2,1H3,(H,23,26). The lowest BCUT2D eigenvalue weighted by molar-refractivity contribution is -0.115. The van der Waals surface area contributed by atoms with Crippen molar-refractivity contribution in [3.8, 4) is 11.3 Å². The zero-order valence-corrected chi connectivity index (χ0v) is 15.4. The number of nitrogens with one attached hydrogen (secondary N) is 3. The fourth-order valence-corrected chi connectivity index (χ4v) is 3.73. The van der Waals surface area contributed by atoms with E-state index in [0.29, 0.717) is 13.0 Å². The Balaban J connectivity index is 1.82. The van der Waals surface area contributed by atoms with Gasteiger partial charge in [-0.25, -0.2) is 0 Å². The second kappa shape index (κ2) is 7.42. The molecule has 0 saturated heterocycles. The van der Waals surface area contributed by atoms with Crippen molar-refractivity contribution in [2.75, 3.05) is 24.5 Å². The van der Waals surface area contributed by atoms with Crippen molar-refractivity contribution < 1.29 is 9.63 Å². The molecule has 3 aromatic rings. The Labute approximate surface area is 158 Å². The summed E-state index contributed by atoms with van der Waals surface area (Å²) in [6.45, 7) is 0.713. The van der Waals surface area contributed by atoms with Crippen molar-refractivity contribution in [1.29, 1.82) is 0 Å². The number of aryl methyl sites for hydroxylation is 1. The van der Waals surface area contributed by atoms with Crippen LogP contribution < -0.4 is 16.5 Å². The van der Waals surface area contributed by atoms with E-state index in [1.54, 1.807) is 7.11 Å². The van der Waals surface area contributed by atoms with E-state index in [-0.39, 0.29) is 5.91 Å². The highest BCUT2D eigenvalue weighted by atomic mass is 16.6. The highest BCUT2D eigenvalue weighted by Gasteiger charge is 2.23. The number of hydrogen-bond donors (Lipinski definition) is 4. The van der Waals surface area contributed by atoms with Crippen molar-refractivity contribution in [2.45, 2.75) is 25.7 Å². The van der Waals surface area contributed by atoms with Crippen LogP contribution in [0.2, 0.25) is 0 Å². The Morgan fingerprint density at radius 3 is 2.89 bits per heavy atom. The number of nitrogens with two attached hydrogens (primary N) is 1. The number of unbranched alkanes of at least 4 members (excludes halogenated alkanes) is 1. The molecular formula is C21H24N4O2. The van der Waals surface area contributed by atoms with Gasteiger partial charge in [-0.2, -0.15) is 0 Å². The molecule has 0 aliphatic carbocycles. The maximum atomic E-state index is 12.5. The average Bonchev–Trinajstić information content (AvgIpc) is 2.94. The number of carbonyl (C=O) groups is 1. The molecule has 4 rings (SSSR count). The summed E-state index contributed by atoms with van der Waals surface area (Å²) < 4.78 is 0. The summed E-state index contributed by atoms with van der Waals surface area (Å²) in [5.41, 5.74) is 15.5. The van der Waals surface area contributed by atoms with Crippen LogP contribution in [-0.4, -0.2) is 24.5 Å². The number of aromatic nitrogens is 1. The molecule has 1 aliphatic rings. The molecule has 5 N–H and O–H groups in total. The third kappa shape index (κ3) is 3.41. The van der Waals surface area contributed by atoms with Gasteiger partial charge in [0, 0.05) is 16.5 Å². The quantitative estimate of drug-likeness (QED) is 0.397. The number of anilines is 2. The van der Waals surface area contributed by atoms with Gasteiger partial charge in [0.05, 0.1) is 30.6 Å². The van der Waals surface area contributed by atoms with Crippen LogP contribution in [0.15, 0.2) is 36.4 Å². The molecule has 6 nitrogen and oxygen atoms in total. The molecule has 1 amide bonds. The van der Waals surface area contributed by atoms with E-state index < -0.39 is 0 Å². The molecule has 27 heavy (non-hydrogen) atoms. The number of H-pyrrole nitrogens is 1. The first-order valence-electron chi connectivity index (χ1n) is 9.26. The smallest absolute Gasteiger partial charge is 0.228 e. The summed E-state index contributed by atoms with van der Waals surface area (Å²) in [6.07, 6.45) is 3.40. The summed E-state index contributed by atoms with van der Waals surface area (Å²) in [5, 5.41) is 4.07. The molecule has 2 heterocycles. The Morgan fingerprint density at radius 2 is 2.07 bits per heavy atom. The molecule has 6 heteroatoms. The molecule has 0 bridgehead atoms. The van der Waals surface area contributed by atoms with E-state index in [1.165, 1.54) is 5.56 Å². The molecule has 0 spiro atoms. The van der Waals surface area contributed by atoms with Gasteiger partial charge in [0.25, 0.3) is 0 Å². The summed E-state index contributed by atoms with van der Waals surface area (Å²) in [6, 6.07) is 12.2. The molecular weight excluding hydrogens is 340 g/mol. The number of aromatic amines is 1. The molecule has 0 fully saturated rings. The first kappa shape index (κ1) is 17.6. The SMILES string of the molecule is CONc1ccc2[nH]c3c(c2c1)CC(=O)Nc1ccc(CCCCN)cc1-3. The first-order valence-corrected chi connectivity index (χ1v) is 9.26. The lowest BCUT2D eigenvalue weighted by Crippen LogP contribution is -2.12. The minimum atomic E-state index is -0.00288. The highest BCUT2D eigenvalue weighted by Crippen LogP contribution is 2.38. The first-order chi connectivity index (χ1) is 13.2. The van der Waals surface area contributed by atoms with Crippen molar-refractivity contribution in [3.63, 3.8) is 0 Å². The maximum Gasteiger partial charge on any atom is 0.228 e. The van der Waals surface area contributed by atoms with E-state index >= 15 is 0 Å². The second-order valence-corrected chi connectivity index (χ2v) is 6.90. The summed E-state index contributed by atoms with van der Waals surface area (Å²) >= 11 is 0. The number of rotatable bonds is 6. The lowest BCUT2D eigenvalue weighted by Gasteiger charge is -2.10. The van der Waals surface area contributed by atoms with E-state index in [2.05, 4.69) is 27.9 Å². The van der Waals surface area contributed by atoms with E-state index in [9.17, 15) is 4.79 Å². The summed E-state index contributed by atoms with van der Waals surface area (Å²) in [5.74, 6) is -0.00288. The van der Waals surface area contributed by atoms with Gasteiger partial charge in [-0.1, -0.05) is 6.07 Å². The van der Waals surface area contributed by atoms with Crippen molar-refractivity contribution in [2.24, 2.45) is 5.73 Å². The normalized spacial score (nSPS) is 13.0. The monoisotopic (exact) mass is 364 g/mol. The van der Waals surface area contributed by atoms with Crippen LogP contribution in [-0.2, 0) is 22.5 Å². The summed E-state index contributed by atoms with van der Waals surface area (Å²) in [7, 11) is 1.58. The predicted molar refractivity (Wildman–Crippen MR) is 109 cm³/mol. The molecule has 1 aromatic heterocycles. The largest absolute Gasteiger partial charge is 0.354 e. The van der Waals surface area contributed by atoms with E-state index in [4.69, 9.17) is 10.6 Å². The van der Waals surface area contributed by atoms with Crippen LogP contribution >= 0.6 is 0 Å². The fourth-order valence-electron chi connectivity index (χ4n) is 3.73. The molecule has 1 aliphatic heterocycles. The number of hydrogen-bond acceptors (Lipinski definition) is 4. The maximum absolute atomic E-state index is 12.5. The molecule has 0 saturated carbocycles. The second-order valence-electron chi connectivity index (χ2n) is 6.90. The van der Waals surface area contributed by atoms with Crippen LogP contribution in [0.5, 0.6) is 0 Å². The zero-order valence-electron chi connectivity index (χ0n) is 15.4. The molecule has 0 unspecified atom stereocenters. The minimum Gasteiger partial charge on any atom is -0.354 e. The van der Waals surface area contributed by atoms with Crippen LogP contribution in [0.4, 0.5) is 11.4 Å². The number of benzene rings is 2. The van der Waals surface area contributed by atoms with E-state index in [0.717, 1.165) is 58.4 Å². The van der Waals surface area contributed by atoms with Gasteiger partial charge in [-0.05, 0) is 67.3 Å². The van der Waals surface area contributed by atoms with Gasteiger partial charge in [-0.3, -0.25) is 15.1 Å². The Kier molecular flexibility index (Phi) is 4.83. The fraction of sp³-hybridized carbons (Fsp3) is 0.286. The lowest BCUT2D eigenvalue weighted by atomic mass is 9.99.